The standard InChI is InChI=1S/C19H23N7O2/c1-12(2)18-23-26(10-17(27)22-16-4-5-20-11-21-16)19(28)15-6-13(9-25(15)18)14-7-24(3)8-14/h4-6,9,11-12,14H,7-8,10H2,1-3H3,(H,20,21,22,27). The Labute approximate surface area is 162 Å². The van der Waals surface area contributed by atoms with Crippen molar-refractivity contribution in [3.8, 4) is 0 Å². The molecule has 1 amide bonds. The molecule has 28 heavy (non-hydrogen) atoms. The lowest BCUT2D eigenvalue weighted by atomic mass is 9.94. The minimum atomic E-state index is -0.361. The first-order valence-corrected chi connectivity index (χ1v) is 9.30. The van der Waals surface area contributed by atoms with Gasteiger partial charge < -0.3 is 10.2 Å². The number of carbonyl (C=O) groups is 1. The topological polar surface area (TPSA) is 97.4 Å². The number of nitrogens with one attached hydrogen (secondary N) is 1. The molecule has 1 aliphatic heterocycles. The van der Waals surface area contributed by atoms with E-state index in [1.54, 1.807) is 6.07 Å². The Kier molecular flexibility index (Phi) is 4.68. The minimum Gasteiger partial charge on any atom is -0.309 e. The van der Waals surface area contributed by atoms with E-state index in [0.717, 1.165) is 24.5 Å². The molecule has 1 saturated heterocycles. The summed E-state index contributed by atoms with van der Waals surface area (Å²) >= 11 is 0. The molecule has 0 atom stereocenters. The lowest BCUT2D eigenvalue weighted by Gasteiger charge is -2.35. The lowest BCUT2D eigenvalue weighted by molar-refractivity contribution is -0.117. The Balaban J connectivity index is 1.67. The van der Waals surface area contributed by atoms with Crippen LogP contribution in [0.5, 0.6) is 0 Å². The van der Waals surface area contributed by atoms with Gasteiger partial charge in [-0.15, -0.1) is 0 Å². The molecular weight excluding hydrogens is 358 g/mol. The highest BCUT2D eigenvalue weighted by Gasteiger charge is 2.27. The zero-order valence-electron chi connectivity index (χ0n) is 16.2. The van der Waals surface area contributed by atoms with E-state index in [2.05, 4.69) is 32.3 Å². The summed E-state index contributed by atoms with van der Waals surface area (Å²) in [6, 6.07) is 3.53. The number of fused-ring (bicyclic) bond motifs is 1. The van der Waals surface area contributed by atoms with E-state index in [0.29, 0.717) is 17.3 Å². The van der Waals surface area contributed by atoms with Crippen LogP contribution in [-0.2, 0) is 11.3 Å². The minimum absolute atomic E-state index is 0.101. The molecule has 0 bridgehead atoms. The molecule has 146 valence electrons. The number of rotatable bonds is 5. The van der Waals surface area contributed by atoms with E-state index < -0.39 is 0 Å². The van der Waals surface area contributed by atoms with Crippen molar-refractivity contribution in [1.82, 2.24) is 29.0 Å². The highest BCUT2D eigenvalue weighted by Crippen LogP contribution is 2.27. The Hall–Kier alpha value is -3.07. The van der Waals surface area contributed by atoms with Gasteiger partial charge in [0.2, 0.25) is 5.91 Å². The van der Waals surface area contributed by atoms with Gasteiger partial charge in [-0.3, -0.25) is 14.0 Å². The zero-order chi connectivity index (χ0) is 19.8. The molecule has 0 spiro atoms. The average Bonchev–Trinajstić information content (AvgIpc) is 3.07. The smallest absolute Gasteiger partial charge is 0.291 e. The number of aromatic nitrogens is 5. The maximum Gasteiger partial charge on any atom is 0.291 e. The normalized spacial score (nSPS) is 15.1. The van der Waals surface area contributed by atoms with Crippen molar-refractivity contribution < 1.29 is 4.79 Å². The van der Waals surface area contributed by atoms with Gasteiger partial charge in [0.05, 0.1) is 0 Å². The van der Waals surface area contributed by atoms with Crippen LogP contribution in [0.25, 0.3) is 5.52 Å². The van der Waals surface area contributed by atoms with E-state index in [1.807, 2.05) is 30.5 Å². The molecule has 3 aromatic heterocycles. The van der Waals surface area contributed by atoms with Crippen LogP contribution >= 0.6 is 0 Å². The first-order valence-electron chi connectivity index (χ1n) is 9.30. The number of hydrogen-bond acceptors (Lipinski definition) is 6. The predicted octanol–water partition coefficient (Wildman–Crippen LogP) is 1.08. The SMILES string of the molecule is CC(C)c1nn(CC(=O)Nc2ccncn2)c(=O)c2cc(C3CN(C)C3)cn12. The molecule has 4 rings (SSSR count). The molecule has 1 aliphatic rings. The highest BCUT2D eigenvalue weighted by atomic mass is 16.2. The van der Waals surface area contributed by atoms with E-state index in [-0.39, 0.29) is 23.9 Å². The van der Waals surface area contributed by atoms with Gasteiger partial charge in [0.25, 0.3) is 5.56 Å². The van der Waals surface area contributed by atoms with Gasteiger partial charge in [-0.2, -0.15) is 5.10 Å². The van der Waals surface area contributed by atoms with Crippen molar-refractivity contribution in [2.24, 2.45) is 0 Å². The first-order chi connectivity index (χ1) is 13.4. The second-order valence-electron chi connectivity index (χ2n) is 7.57. The number of likely N-dealkylation sites (tertiary alicyclic amines) is 1. The molecule has 0 radical (unpaired) electrons. The Morgan fingerprint density at radius 1 is 1.36 bits per heavy atom. The van der Waals surface area contributed by atoms with Crippen molar-refractivity contribution >= 4 is 17.2 Å². The molecule has 9 nitrogen and oxygen atoms in total. The van der Waals surface area contributed by atoms with Crippen molar-refractivity contribution in [3.63, 3.8) is 0 Å². The van der Waals surface area contributed by atoms with E-state index in [4.69, 9.17) is 0 Å². The first kappa shape index (κ1) is 18.3. The Morgan fingerprint density at radius 2 is 2.14 bits per heavy atom. The number of nitrogens with zero attached hydrogens (tertiary/aromatic N) is 6. The lowest BCUT2D eigenvalue weighted by Crippen LogP contribution is -2.41. The molecule has 0 unspecified atom stereocenters. The van der Waals surface area contributed by atoms with Crippen LogP contribution in [0.2, 0.25) is 0 Å². The summed E-state index contributed by atoms with van der Waals surface area (Å²) in [7, 11) is 2.08. The molecule has 9 heteroatoms. The maximum atomic E-state index is 13.0. The number of amides is 1. The second-order valence-corrected chi connectivity index (χ2v) is 7.57. The fourth-order valence-electron chi connectivity index (χ4n) is 3.50. The third kappa shape index (κ3) is 3.40. The quantitative estimate of drug-likeness (QED) is 0.710. The summed E-state index contributed by atoms with van der Waals surface area (Å²) in [5.41, 5.74) is 1.42. The molecule has 0 aromatic carbocycles. The summed E-state index contributed by atoms with van der Waals surface area (Å²) in [4.78, 5) is 35.4. The van der Waals surface area contributed by atoms with E-state index in [1.165, 1.54) is 17.2 Å². The summed E-state index contributed by atoms with van der Waals surface area (Å²) in [5.74, 6) is 1.31. The van der Waals surface area contributed by atoms with Crippen LogP contribution in [0.15, 0.2) is 35.6 Å². The van der Waals surface area contributed by atoms with Gasteiger partial charge in [0.15, 0.2) is 0 Å². The van der Waals surface area contributed by atoms with Gasteiger partial charge in [0, 0.05) is 37.3 Å². The van der Waals surface area contributed by atoms with E-state index >= 15 is 0 Å². The number of anilines is 1. The Bertz CT molecular complexity index is 1070. The second kappa shape index (κ2) is 7.16. The fraction of sp³-hybridized carbons (Fsp3) is 0.421. The molecule has 0 aliphatic carbocycles. The van der Waals surface area contributed by atoms with Crippen LogP contribution in [0, 0.1) is 0 Å². The van der Waals surface area contributed by atoms with Crippen LogP contribution in [0.3, 0.4) is 0 Å². The van der Waals surface area contributed by atoms with Gasteiger partial charge in [0.1, 0.15) is 30.0 Å². The van der Waals surface area contributed by atoms with Crippen LogP contribution in [-0.4, -0.2) is 55.1 Å². The predicted molar refractivity (Wildman–Crippen MR) is 104 cm³/mol. The van der Waals surface area contributed by atoms with Gasteiger partial charge >= 0.3 is 0 Å². The number of likely N-dealkylation sites (N-methyl/N-ethyl adjacent to an activating group) is 1. The summed E-state index contributed by atoms with van der Waals surface area (Å²) in [6.45, 7) is 5.84. The average molecular weight is 381 g/mol. The molecule has 3 aromatic rings. The van der Waals surface area contributed by atoms with Crippen molar-refractivity contribution in [2.75, 3.05) is 25.5 Å². The molecule has 1 N–H and O–H groups in total. The summed E-state index contributed by atoms with van der Waals surface area (Å²) in [6.07, 6.45) is 4.90. The summed E-state index contributed by atoms with van der Waals surface area (Å²) in [5, 5.41) is 7.13. The third-order valence-electron chi connectivity index (χ3n) is 4.96. The fourth-order valence-corrected chi connectivity index (χ4v) is 3.50. The van der Waals surface area contributed by atoms with Gasteiger partial charge in [-0.25, -0.2) is 14.6 Å². The molecule has 0 saturated carbocycles. The highest BCUT2D eigenvalue weighted by molar-refractivity contribution is 5.89. The maximum absolute atomic E-state index is 13.0. The van der Waals surface area contributed by atoms with Crippen molar-refractivity contribution in [3.05, 3.63) is 52.6 Å². The molecule has 1 fully saturated rings. The summed E-state index contributed by atoms with van der Waals surface area (Å²) < 4.78 is 3.11. The number of hydrogen-bond donors (Lipinski definition) is 1. The number of carbonyl (C=O) groups excluding carboxylic acids is 1. The van der Waals surface area contributed by atoms with Crippen LogP contribution in [0.4, 0.5) is 5.82 Å². The molecule has 4 heterocycles. The third-order valence-corrected chi connectivity index (χ3v) is 4.96. The van der Waals surface area contributed by atoms with Crippen molar-refractivity contribution in [1.29, 1.82) is 0 Å². The van der Waals surface area contributed by atoms with Gasteiger partial charge in [-0.05, 0) is 24.7 Å². The van der Waals surface area contributed by atoms with Crippen LogP contribution < -0.4 is 10.9 Å². The Morgan fingerprint density at radius 3 is 2.79 bits per heavy atom. The monoisotopic (exact) mass is 381 g/mol. The largest absolute Gasteiger partial charge is 0.309 e. The zero-order valence-corrected chi connectivity index (χ0v) is 16.2. The van der Waals surface area contributed by atoms with Crippen LogP contribution in [0.1, 0.15) is 37.1 Å². The van der Waals surface area contributed by atoms with E-state index in [9.17, 15) is 9.59 Å². The van der Waals surface area contributed by atoms with Crippen molar-refractivity contribution in [2.45, 2.75) is 32.2 Å². The molecular formula is C19H23N7O2. The van der Waals surface area contributed by atoms with Gasteiger partial charge in [-0.1, -0.05) is 13.8 Å².